The number of fused-ring (bicyclic) bond motifs is 1. The summed E-state index contributed by atoms with van der Waals surface area (Å²) in [5.74, 6) is -0.612. The van der Waals surface area contributed by atoms with E-state index in [0.717, 1.165) is 11.3 Å². The third-order valence-corrected chi connectivity index (χ3v) is 3.22. The summed E-state index contributed by atoms with van der Waals surface area (Å²) in [6.45, 7) is 2.33. The molecule has 0 radical (unpaired) electrons. The summed E-state index contributed by atoms with van der Waals surface area (Å²) in [5, 5.41) is 9.40. The number of ether oxygens (including phenoxy) is 1. The van der Waals surface area contributed by atoms with Gasteiger partial charge in [-0.2, -0.15) is 0 Å². The molecule has 0 unspecified atom stereocenters. The lowest BCUT2D eigenvalue weighted by molar-refractivity contribution is -0.116. The second-order valence-corrected chi connectivity index (χ2v) is 4.13. The van der Waals surface area contributed by atoms with Gasteiger partial charge >= 0.3 is 5.97 Å². The van der Waals surface area contributed by atoms with E-state index in [1.807, 2.05) is 0 Å². The van der Waals surface area contributed by atoms with Gasteiger partial charge in [-0.1, -0.05) is 0 Å². The molecule has 1 amide bonds. The highest BCUT2D eigenvalue weighted by atomic mass is 32.1. The van der Waals surface area contributed by atoms with Gasteiger partial charge in [0, 0.05) is 13.0 Å². The van der Waals surface area contributed by atoms with Crippen molar-refractivity contribution in [3.63, 3.8) is 0 Å². The van der Waals surface area contributed by atoms with E-state index in [0.29, 0.717) is 23.9 Å². The monoisotopic (exact) mass is 227 g/mol. The van der Waals surface area contributed by atoms with Crippen LogP contribution in [0.15, 0.2) is 6.07 Å². The Labute approximate surface area is 89.9 Å². The van der Waals surface area contributed by atoms with Crippen molar-refractivity contribution in [2.45, 2.75) is 6.92 Å². The van der Waals surface area contributed by atoms with E-state index in [4.69, 9.17) is 9.84 Å². The first-order chi connectivity index (χ1) is 7.09. The molecule has 1 aliphatic rings. The third-order valence-electron chi connectivity index (χ3n) is 2.09. The van der Waals surface area contributed by atoms with Crippen LogP contribution in [0.1, 0.15) is 16.6 Å². The molecule has 0 atom stereocenters. The molecule has 15 heavy (non-hydrogen) atoms. The number of rotatable bonds is 1. The van der Waals surface area contributed by atoms with Crippen LogP contribution in [0.2, 0.25) is 0 Å². The smallest absolute Gasteiger partial charge is 0.346 e. The summed E-state index contributed by atoms with van der Waals surface area (Å²) in [7, 11) is 0. The van der Waals surface area contributed by atoms with Crippen LogP contribution in [0.4, 0.5) is 5.00 Å². The Hall–Kier alpha value is -1.56. The molecule has 1 aromatic heterocycles. The highest BCUT2D eigenvalue weighted by molar-refractivity contribution is 7.18. The quantitative estimate of drug-likeness (QED) is 0.782. The molecule has 1 aliphatic heterocycles. The van der Waals surface area contributed by atoms with Crippen LogP contribution in [-0.2, 0) is 4.79 Å². The zero-order valence-corrected chi connectivity index (χ0v) is 8.84. The molecule has 0 spiro atoms. The summed E-state index contributed by atoms with van der Waals surface area (Å²) >= 11 is 1.06. The van der Waals surface area contributed by atoms with Gasteiger partial charge in [-0.05, 0) is 0 Å². The molecule has 2 heterocycles. The van der Waals surface area contributed by atoms with Crippen LogP contribution >= 0.6 is 11.3 Å². The molecule has 1 aromatic rings. The fourth-order valence-corrected chi connectivity index (χ4v) is 2.42. The van der Waals surface area contributed by atoms with Crippen LogP contribution in [0, 0.1) is 0 Å². The van der Waals surface area contributed by atoms with Gasteiger partial charge in [0.2, 0.25) is 5.91 Å². The average Bonchev–Trinajstić information content (AvgIpc) is 2.60. The molecule has 6 heteroatoms. The molecule has 1 N–H and O–H groups in total. The molecule has 80 valence electrons. The Balaban J connectivity index is 2.43. The van der Waals surface area contributed by atoms with Crippen molar-refractivity contribution in [3.05, 3.63) is 10.9 Å². The number of nitrogens with zero attached hydrogens (tertiary/aromatic N) is 1. The minimum Gasteiger partial charge on any atom is -0.489 e. The van der Waals surface area contributed by atoms with Gasteiger partial charge in [0.15, 0.2) is 5.75 Å². The minimum absolute atomic E-state index is 0.0988. The summed E-state index contributed by atoms with van der Waals surface area (Å²) in [6.07, 6.45) is 0. The molecule has 0 fully saturated rings. The predicted octanol–water partition coefficient (Wildman–Crippen LogP) is 1.19. The van der Waals surface area contributed by atoms with E-state index in [-0.39, 0.29) is 10.8 Å². The molecular weight excluding hydrogens is 218 g/mol. The molecule has 2 rings (SSSR count). The number of carbonyl (C=O) groups excluding carboxylic acids is 1. The van der Waals surface area contributed by atoms with Gasteiger partial charge in [-0.15, -0.1) is 11.3 Å². The first kappa shape index (κ1) is 9.97. The average molecular weight is 227 g/mol. The topological polar surface area (TPSA) is 66.8 Å². The minimum atomic E-state index is -0.999. The fourth-order valence-electron chi connectivity index (χ4n) is 1.41. The zero-order chi connectivity index (χ0) is 11.0. The van der Waals surface area contributed by atoms with Gasteiger partial charge in [-0.3, -0.25) is 9.69 Å². The lowest BCUT2D eigenvalue weighted by atomic mass is 10.3. The summed E-state index contributed by atoms with van der Waals surface area (Å²) in [5.41, 5.74) is 0. The van der Waals surface area contributed by atoms with Crippen molar-refractivity contribution in [1.82, 2.24) is 0 Å². The van der Waals surface area contributed by atoms with E-state index < -0.39 is 5.97 Å². The number of hydrogen-bond acceptors (Lipinski definition) is 4. The standard InChI is InChI=1S/C9H9NO4S/c1-5(11)10-2-3-14-6-4-7(9(12)13)15-8(6)10/h4H,2-3H2,1H3,(H,12,13). The van der Waals surface area contributed by atoms with Crippen molar-refractivity contribution in [2.75, 3.05) is 18.1 Å². The molecule has 0 saturated carbocycles. The Kier molecular flexibility index (Phi) is 2.36. The largest absolute Gasteiger partial charge is 0.489 e. The number of carboxylic acid groups (broad SMARTS) is 1. The Morgan fingerprint density at radius 2 is 2.33 bits per heavy atom. The number of amides is 1. The Morgan fingerprint density at radius 1 is 1.60 bits per heavy atom. The Morgan fingerprint density at radius 3 is 2.93 bits per heavy atom. The van der Waals surface area contributed by atoms with Crippen molar-refractivity contribution in [2.24, 2.45) is 0 Å². The maximum Gasteiger partial charge on any atom is 0.346 e. The van der Waals surface area contributed by atoms with Crippen LogP contribution in [-0.4, -0.2) is 30.1 Å². The van der Waals surface area contributed by atoms with E-state index in [1.54, 1.807) is 0 Å². The lowest BCUT2D eigenvalue weighted by Crippen LogP contribution is -2.35. The van der Waals surface area contributed by atoms with Crippen molar-refractivity contribution in [3.8, 4) is 5.75 Å². The highest BCUT2D eigenvalue weighted by Crippen LogP contribution is 2.40. The molecule has 5 nitrogen and oxygen atoms in total. The number of anilines is 1. The number of thiophene rings is 1. The highest BCUT2D eigenvalue weighted by Gasteiger charge is 2.25. The maximum atomic E-state index is 11.3. The molecule has 0 bridgehead atoms. The summed E-state index contributed by atoms with van der Waals surface area (Å²) in [4.78, 5) is 23.7. The third kappa shape index (κ3) is 1.68. The van der Waals surface area contributed by atoms with Crippen LogP contribution in [0.5, 0.6) is 5.75 Å². The second-order valence-electron chi connectivity index (χ2n) is 3.10. The number of aromatic carboxylic acids is 1. The van der Waals surface area contributed by atoms with Gasteiger partial charge in [-0.25, -0.2) is 4.79 Å². The summed E-state index contributed by atoms with van der Waals surface area (Å²) in [6, 6.07) is 1.46. The van der Waals surface area contributed by atoms with Gasteiger partial charge in [0.25, 0.3) is 0 Å². The second kappa shape index (κ2) is 3.54. The number of hydrogen-bond donors (Lipinski definition) is 1. The van der Waals surface area contributed by atoms with Gasteiger partial charge in [0.05, 0.1) is 6.54 Å². The predicted molar refractivity (Wildman–Crippen MR) is 54.8 cm³/mol. The fraction of sp³-hybridized carbons (Fsp3) is 0.333. The molecular formula is C9H9NO4S. The van der Waals surface area contributed by atoms with Crippen LogP contribution in [0.3, 0.4) is 0 Å². The van der Waals surface area contributed by atoms with Crippen molar-refractivity contribution >= 4 is 28.2 Å². The van der Waals surface area contributed by atoms with Crippen molar-refractivity contribution in [1.29, 1.82) is 0 Å². The van der Waals surface area contributed by atoms with Crippen LogP contribution in [0.25, 0.3) is 0 Å². The molecule has 0 aromatic carbocycles. The van der Waals surface area contributed by atoms with Gasteiger partial charge < -0.3 is 9.84 Å². The number of carboxylic acids is 1. The van der Waals surface area contributed by atoms with Gasteiger partial charge in [0.1, 0.15) is 16.5 Å². The SMILES string of the molecule is CC(=O)N1CCOc2cc(C(=O)O)sc21. The first-order valence-electron chi connectivity index (χ1n) is 4.37. The summed E-state index contributed by atoms with van der Waals surface area (Å²) < 4.78 is 5.29. The normalized spacial score (nSPS) is 14.3. The van der Waals surface area contributed by atoms with E-state index >= 15 is 0 Å². The lowest BCUT2D eigenvalue weighted by Gasteiger charge is -2.25. The van der Waals surface area contributed by atoms with Crippen molar-refractivity contribution < 1.29 is 19.4 Å². The zero-order valence-electron chi connectivity index (χ0n) is 8.02. The van der Waals surface area contributed by atoms with E-state index in [2.05, 4.69) is 0 Å². The first-order valence-corrected chi connectivity index (χ1v) is 5.19. The van der Waals surface area contributed by atoms with E-state index in [9.17, 15) is 9.59 Å². The van der Waals surface area contributed by atoms with Crippen LogP contribution < -0.4 is 9.64 Å². The maximum absolute atomic E-state index is 11.3. The molecule has 0 saturated heterocycles. The Bertz CT molecular complexity index is 426. The molecule has 0 aliphatic carbocycles. The van der Waals surface area contributed by atoms with E-state index in [1.165, 1.54) is 17.9 Å². The number of carbonyl (C=O) groups is 2.